The molecule has 4 rings (SSSR count). The third-order valence-electron chi connectivity index (χ3n) is 4.50. The number of thioether (sulfide) groups is 1. The van der Waals surface area contributed by atoms with Gasteiger partial charge in [-0.2, -0.15) is 10.5 Å². The molecule has 0 fully saturated rings. The van der Waals surface area contributed by atoms with E-state index in [2.05, 4.69) is 22.4 Å². The number of anilines is 1. The van der Waals surface area contributed by atoms with E-state index >= 15 is 0 Å². The van der Waals surface area contributed by atoms with E-state index in [0.717, 1.165) is 5.56 Å². The third-order valence-corrected chi connectivity index (χ3v) is 5.55. The molecular formula is C22H16N4O2S. The lowest BCUT2D eigenvalue weighted by Crippen LogP contribution is -2.04. The Hall–Kier alpha value is -3.68. The third kappa shape index (κ3) is 3.56. The van der Waals surface area contributed by atoms with Crippen molar-refractivity contribution in [2.24, 2.45) is 0 Å². The van der Waals surface area contributed by atoms with Crippen LogP contribution in [0.3, 0.4) is 0 Å². The molecule has 2 aromatic carbocycles. The molecule has 1 N–H and O–H groups in total. The van der Waals surface area contributed by atoms with Crippen molar-refractivity contribution in [3.8, 4) is 34.8 Å². The van der Waals surface area contributed by atoms with Gasteiger partial charge in [0.1, 0.15) is 28.5 Å². The topological polar surface area (TPSA) is 91.0 Å². The number of aromatic nitrogens is 1. The number of hydrogen-bond acceptors (Lipinski definition) is 7. The van der Waals surface area contributed by atoms with Crippen LogP contribution >= 0.6 is 11.8 Å². The van der Waals surface area contributed by atoms with Crippen LogP contribution in [0.5, 0.6) is 11.5 Å². The number of hydrogen-bond donors (Lipinski definition) is 1. The van der Waals surface area contributed by atoms with E-state index in [4.69, 9.17) is 9.47 Å². The molecule has 0 saturated carbocycles. The van der Waals surface area contributed by atoms with E-state index < -0.39 is 0 Å². The van der Waals surface area contributed by atoms with Gasteiger partial charge in [-0.1, -0.05) is 36.4 Å². The van der Waals surface area contributed by atoms with Crippen molar-refractivity contribution in [1.29, 1.82) is 10.5 Å². The van der Waals surface area contributed by atoms with E-state index in [9.17, 15) is 10.5 Å². The molecule has 29 heavy (non-hydrogen) atoms. The van der Waals surface area contributed by atoms with Gasteiger partial charge in [0.25, 0.3) is 0 Å². The molecule has 0 unspecified atom stereocenters. The second-order valence-electron chi connectivity index (χ2n) is 6.21. The zero-order valence-electron chi connectivity index (χ0n) is 15.6. The van der Waals surface area contributed by atoms with Crippen LogP contribution < -0.4 is 14.8 Å². The maximum Gasteiger partial charge on any atom is 0.231 e. The van der Waals surface area contributed by atoms with Crippen LogP contribution in [0.4, 0.5) is 5.82 Å². The summed E-state index contributed by atoms with van der Waals surface area (Å²) in [5.74, 6) is 2.34. The quantitative estimate of drug-likeness (QED) is 0.628. The highest BCUT2D eigenvalue weighted by Gasteiger charge is 2.23. The summed E-state index contributed by atoms with van der Waals surface area (Å²) in [6.07, 6.45) is 0. The van der Waals surface area contributed by atoms with Crippen molar-refractivity contribution >= 4 is 17.6 Å². The highest BCUT2D eigenvalue weighted by atomic mass is 32.2. The first kappa shape index (κ1) is 18.7. The van der Waals surface area contributed by atoms with Crippen LogP contribution in [0, 0.1) is 22.7 Å². The smallest absolute Gasteiger partial charge is 0.231 e. The number of nitrogens with one attached hydrogen (secondary N) is 1. The number of nitriles is 2. The molecule has 1 aromatic heterocycles. The Balaban J connectivity index is 1.84. The maximum atomic E-state index is 9.95. The van der Waals surface area contributed by atoms with Crippen LogP contribution in [0.1, 0.15) is 16.7 Å². The fraction of sp³-hybridized carbons (Fsp3) is 0.136. The van der Waals surface area contributed by atoms with Crippen LogP contribution in [0.2, 0.25) is 0 Å². The van der Waals surface area contributed by atoms with E-state index in [0.29, 0.717) is 50.3 Å². The molecule has 3 aromatic rings. The van der Waals surface area contributed by atoms with Gasteiger partial charge in [0.15, 0.2) is 11.5 Å². The minimum Gasteiger partial charge on any atom is -0.454 e. The Kier molecular flexibility index (Phi) is 5.24. The summed E-state index contributed by atoms with van der Waals surface area (Å²) < 4.78 is 10.9. The first-order valence-corrected chi connectivity index (χ1v) is 9.86. The summed E-state index contributed by atoms with van der Waals surface area (Å²) >= 11 is 1.47. The van der Waals surface area contributed by atoms with Crippen molar-refractivity contribution < 1.29 is 9.47 Å². The molecule has 0 radical (unpaired) electrons. The summed E-state index contributed by atoms with van der Waals surface area (Å²) in [5, 5.41) is 23.3. The Bertz CT molecular complexity index is 1150. The van der Waals surface area contributed by atoms with Crippen molar-refractivity contribution in [2.75, 3.05) is 19.2 Å². The number of fused-ring (bicyclic) bond motifs is 1. The van der Waals surface area contributed by atoms with Crippen LogP contribution in [0.15, 0.2) is 53.6 Å². The molecule has 6 nitrogen and oxygen atoms in total. The number of pyridine rings is 1. The van der Waals surface area contributed by atoms with Crippen molar-refractivity contribution in [3.05, 3.63) is 65.2 Å². The molecule has 142 valence electrons. The number of benzene rings is 2. The molecule has 1 aliphatic heterocycles. The zero-order valence-corrected chi connectivity index (χ0v) is 16.4. The molecular weight excluding hydrogens is 384 g/mol. The van der Waals surface area contributed by atoms with Crippen LogP contribution in [-0.4, -0.2) is 18.8 Å². The summed E-state index contributed by atoms with van der Waals surface area (Å²) in [4.78, 5) is 4.56. The zero-order chi connectivity index (χ0) is 20.2. The number of nitrogens with zero attached hydrogens (tertiary/aromatic N) is 3. The van der Waals surface area contributed by atoms with Gasteiger partial charge in [-0.25, -0.2) is 4.98 Å². The predicted molar refractivity (Wildman–Crippen MR) is 111 cm³/mol. The Morgan fingerprint density at radius 2 is 1.79 bits per heavy atom. The van der Waals surface area contributed by atoms with Crippen molar-refractivity contribution in [1.82, 2.24) is 4.98 Å². The summed E-state index contributed by atoms with van der Waals surface area (Å²) in [7, 11) is 1.71. The SMILES string of the molecule is CNc1nc(SCc2ccccc2)c(C#N)c(-c2ccc3c(c2)OCO3)c1C#N. The molecule has 0 saturated heterocycles. The normalized spacial score (nSPS) is 11.6. The predicted octanol–water partition coefficient (Wildman–Crippen LogP) is 4.55. The van der Waals surface area contributed by atoms with Gasteiger partial charge >= 0.3 is 0 Å². The molecule has 2 heterocycles. The monoisotopic (exact) mass is 400 g/mol. The molecule has 1 aliphatic rings. The van der Waals surface area contributed by atoms with E-state index in [1.54, 1.807) is 19.2 Å². The van der Waals surface area contributed by atoms with Gasteiger partial charge in [0, 0.05) is 18.4 Å². The number of rotatable bonds is 5. The Labute approximate surface area is 172 Å². The van der Waals surface area contributed by atoms with E-state index in [1.165, 1.54) is 11.8 Å². The van der Waals surface area contributed by atoms with Crippen molar-refractivity contribution in [2.45, 2.75) is 10.8 Å². The van der Waals surface area contributed by atoms with Crippen LogP contribution in [-0.2, 0) is 5.75 Å². The largest absolute Gasteiger partial charge is 0.454 e. The average molecular weight is 400 g/mol. The minimum absolute atomic E-state index is 0.158. The highest BCUT2D eigenvalue weighted by molar-refractivity contribution is 7.98. The molecule has 0 amide bonds. The maximum absolute atomic E-state index is 9.95. The molecule has 0 spiro atoms. The Morgan fingerprint density at radius 1 is 1.03 bits per heavy atom. The lowest BCUT2D eigenvalue weighted by Gasteiger charge is -2.15. The molecule has 0 bridgehead atoms. The van der Waals surface area contributed by atoms with E-state index in [-0.39, 0.29) is 6.79 Å². The second kappa shape index (κ2) is 8.14. The first-order chi connectivity index (χ1) is 14.2. The van der Waals surface area contributed by atoms with Gasteiger partial charge < -0.3 is 14.8 Å². The first-order valence-electron chi connectivity index (χ1n) is 8.88. The summed E-state index contributed by atoms with van der Waals surface area (Å²) in [6.45, 7) is 0.158. The molecule has 0 aliphatic carbocycles. The van der Waals surface area contributed by atoms with Gasteiger partial charge in [-0.3, -0.25) is 0 Å². The molecule has 0 atom stereocenters. The van der Waals surface area contributed by atoms with Gasteiger partial charge in [-0.05, 0) is 23.3 Å². The lowest BCUT2D eigenvalue weighted by atomic mass is 9.96. The number of ether oxygens (including phenoxy) is 2. The van der Waals surface area contributed by atoms with Gasteiger partial charge in [0.2, 0.25) is 6.79 Å². The van der Waals surface area contributed by atoms with E-state index in [1.807, 2.05) is 36.4 Å². The standard InChI is InChI=1S/C22H16N4O2S/c1-25-21-16(10-23)20(15-7-8-18-19(9-15)28-13-27-18)17(11-24)22(26-21)29-12-14-5-3-2-4-6-14/h2-9H,12-13H2,1H3,(H,25,26). The summed E-state index contributed by atoms with van der Waals surface area (Å²) in [6, 6.07) is 19.8. The van der Waals surface area contributed by atoms with Gasteiger partial charge in [0.05, 0.1) is 5.56 Å². The average Bonchev–Trinajstić information content (AvgIpc) is 3.25. The minimum atomic E-state index is 0.158. The van der Waals surface area contributed by atoms with Crippen LogP contribution in [0.25, 0.3) is 11.1 Å². The highest BCUT2D eigenvalue weighted by Crippen LogP contribution is 2.41. The van der Waals surface area contributed by atoms with Gasteiger partial charge in [-0.15, -0.1) is 11.8 Å². The van der Waals surface area contributed by atoms with Crippen molar-refractivity contribution in [3.63, 3.8) is 0 Å². The molecule has 7 heteroatoms. The Morgan fingerprint density at radius 3 is 2.52 bits per heavy atom. The lowest BCUT2D eigenvalue weighted by molar-refractivity contribution is 0.174. The fourth-order valence-electron chi connectivity index (χ4n) is 3.13. The second-order valence-corrected chi connectivity index (χ2v) is 7.17. The summed E-state index contributed by atoms with van der Waals surface area (Å²) in [5.41, 5.74) is 3.08. The fourth-order valence-corrected chi connectivity index (χ4v) is 4.07.